The van der Waals surface area contributed by atoms with Gasteiger partial charge >= 0.3 is 0 Å². The van der Waals surface area contributed by atoms with Crippen LogP contribution in [-0.4, -0.2) is 81.5 Å². The molecule has 0 amide bonds. The second-order valence-electron chi connectivity index (χ2n) is 6.97. The van der Waals surface area contributed by atoms with E-state index in [-0.39, 0.29) is 6.61 Å². The van der Waals surface area contributed by atoms with Gasteiger partial charge in [-0.2, -0.15) is 0 Å². The molecule has 1 aliphatic heterocycles. The smallest absolute Gasteiger partial charge is 0.180 e. The van der Waals surface area contributed by atoms with Crippen LogP contribution >= 0.6 is 11.6 Å². The summed E-state index contributed by atoms with van der Waals surface area (Å²) < 4.78 is 15.8. The maximum Gasteiger partial charge on any atom is 0.180 e. The van der Waals surface area contributed by atoms with Crippen LogP contribution in [0.15, 0.2) is 12.1 Å². The first-order chi connectivity index (χ1) is 14.4. The molecule has 1 aromatic heterocycles. The van der Waals surface area contributed by atoms with Gasteiger partial charge in [-0.25, -0.2) is 4.98 Å². The Kier molecular flexibility index (Phi) is 15.3. The minimum atomic E-state index is -0.829. The molecule has 1 aromatic rings. The minimum absolute atomic E-state index is 0.271. The standard InChI is InChI=1S/C18H30ClN3O4.2C2H6/c1-21(2)11-14-15(5-6-16(19)20-14)22-9-7-18(23,8-10-22)13-26-12-17(24-3)25-4;2*1-2/h5-6,17,23H,7-13H2,1-4H3;2*1-2H3. The first-order valence-corrected chi connectivity index (χ1v) is 11.2. The van der Waals surface area contributed by atoms with Crippen LogP contribution in [0.5, 0.6) is 0 Å². The van der Waals surface area contributed by atoms with Crippen LogP contribution in [0.2, 0.25) is 5.15 Å². The van der Waals surface area contributed by atoms with Gasteiger partial charge in [0.1, 0.15) is 5.15 Å². The molecule has 0 bridgehead atoms. The molecule has 2 rings (SSSR count). The van der Waals surface area contributed by atoms with Gasteiger partial charge < -0.3 is 29.1 Å². The van der Waals surface area contributed by atoms with E-state index in [2.05, 4.69) is 14.8 Å². The predicted molar refractivity (Wildman–Crippen MR) is 124 cm³/mol. The van der Waals surface area contributed by atoms with Crippen molar-refractivity contribution in [3.63, 3.8) is 0 Å². The van der Waals surface area contributed by atoms with E-state index >= 15 is 0 Å². The summed E-state index contributed by atoms with van der Waals surface area (Å²) in [6.07, 6.45) is 0.844. The number of nitrogens with zero attached hydrogens (tertiary/aromatic N) is 3. The number of anilines is 1. The number of ether oxygens (including phenoxy) is 3. The number of aromatic nitrogens is 1. The molecular weight excluding hydrogens is 406 g/mol. The molecule has 1 aliphatic rings. The second-order valence-corrected chi connectivity index (χ2v) is 7.35. The van der Waals surface area contributed by atoms with Gasteiger partial charge in [-0.1, -0.05) is 39.3 Å². The van der Waals surface area contributed by atoms with Crippen molar-refractivity contribution in [2.75, 3.05) is 59.5 Å². The molecule has 0 spiro atoms. The van der Waals surface area contributed by atoms with E-state index in [9.17, 15) is 5.11 Å². The lowest BCUT2D eigenvalue weighted by molar-refractivity contribution is -0.157. The fourth-order valence-electron chi connectivity index (χ4n) is 3.06. The van der Waals surface area contributed by atoms with Crippen molar-refractivity contribution in [1.82, 2.24) is 9.88 Å². The first-order valence-electron chi connectivity index (χ1n) is 10.8. The molecule has 0 unspecified atom stereocenters. The lowest BCUT2D eigenvalue weighted by Gasteiger charge is -2.39. The van der Waals surface area contributed by atoms with Crippen LogP contribution in [0.1, 0.15) is 46.2 Å². The average Bonchev–Trinajstić information content (AvgIpc) is 2.75. The summed E-state index contributed by atoms with van der Waals surface area (Å²) in [7, 11) is 7.14. The van der Waals surface area contributed by atoms with Crippen molar-refractivity contribution in [3.05, 3.63) is 23.0 Å². The second kappa shape index (κ2) is 15.8. The molecule has 2 heterocycles. The number of rotatable bonds is 9. The van der Waals surface area contributed by atoms with E-state index in [0.29, 0.717) is 24.6 Å². The van der Waals surface area contributed by atoms with Crippen molar-refractivity contribution in [2.24, 2.45) is 0 Å². The number of methoxy groups -OCH3 is 2. The molecule has 0 atom stereocenters. The van der Waals surface area contributed by atoms with Gasteiger partial charge in [0.25, 0.3) is 0 Å². The highest BCUT2D eigenvalue weighted by Crippen LogP contribution is 2.29. The summed E-state index contributed by atoms with van der Waals surface area (Å²) in [6.45, 7) is 10.8. The highest BCUT2D eigenvalue weighted by molar-refractivity contribution is 6.29. The summed E-state index contributed by atoms with van der Waals surface area (Å²) in [5, 5.41) is 11.3. The minimum Gasteiger partial charge on any atom is -0.387 e. The van der Waals surface area contributed by atoms with Crippen molar-refractivity contribution in [2.45, 2.75) is 59.0 Å². The first kappa shape index (κ1) is 29.0. The van der Waals surface area contributed by atoms with Gasteiger partial charge in [0.15, 0.2) is 6.29 Å². The lowest BCUT2D eigenvalue weighted by atomic mass is 9.92. The van der Waals surface area contributed by atoms with Crippen molar-refractivity contribution < 1.29 is 19.3 Å². The fourth-order valence-corrected chi connectivity index (χ4v) is 3.22. The van der Waals surface area contributed by atoms with Crippen LogP contribution in [-0.2, 0) is 20.8 Å². The Bertz CT molecular complexity index is 563. The molecule has 1 N–H and O–H groups in total. The summed E-state index contributed by atoms with van der Waals surface area (Å²) in [5.74, 6) is 0. The van der Waals surface area contributed by atoms with E-state index in [1.807, 2.05) is 53.9 Å². The topological polar surface area (TPSA) is 67.3 Å². The average molecular weight is 448 g/mol. The third-order valence-electron chi connectivity index (χ3n) is 4.57. The van der Waals surface area contributed by atoms with Gasteiger partial charge in [0, 0.05) is 33.9 Å². The van der Waals surface area contributed by atoms with Crippen molar-refractivity contribution in [3.8, 4) is 0 Å². The molecule has 0 aromatic carbocycles. The molecule has 176 valence electrons. The number of hydrogen-bond acceptors (Lipinski definition) is 7. The maximum absolute atomic E-state index is 10.8. The third-order valence-corrected chi connectivity index (χ3v) is 4.78. The van der Waals surface area contributed by atoms with Crippen LogP contribution < -0.4 is 4.90 Å². The zero-order valence-corrected chi connectivity index (χ0v) is 20.8. The number of piperidine rings is 1. The monoisotopic (exact) mass is 447 g/mol. The van der Waals surface area contributed by atoms with E-state index in [1.165, 1.54) is 0 Å². The zero-order valence-electron chi connectivity index (χ0n) is 20.1. The van der Waals surface area contributed by atoms with Crippen LogP contribution in [0.4, 0.5) is 5.69 Å². The highest BCUT2D eigenvalue weighted by atomic mass is 35.5. The molecule has 30 heavy (non-hydrogen) atoms. The zero-order chi connectivity index (χ0) is 23.2. The van der Waals surface area contributed by atoms with E-state index in [0.717, 1.165) is 31.0 Å². The van der Waals surface area contributed by atoms with E-state index in [4.69, 9.17) is 25.8 Å². The number of aliphatic hydroxyl groups is 1. The molecule has 0 radical (unpaired) electrons. The van der Waals surface area contributed by atoms with Gasteiger partial charge in [-0.05, 0) is 39.1 Å². The Morgan fingerprint density at radius 1 is 1.13 bits per heavy atom. The highest BCUT2D eigenvalue weighted by Gasteiger charge is 2.33. The van der Waals surface area contributed by atoms with Gasteiger partial charge in [0.2, 0.25) is 0 Å². The molecule has 1 fully saturated rings. The summed E-state index contributed by atoms with van der Waals surface area (Å²) in [4.78, 5) is 8.80. The quantitative estimate of drug-likeness (QED) is 0.456. The maximum atomic E-state index is 10.8. The van der Waals surface area contributed by atoms with Crippen molar-refractivity contribution >= 4 is 17.3 Å². The Hall–Kier alpha value is -0.960. The molecule has 8 heteroatoms. The predicted octanol–water partition coefficient (Wildman–Crippen LogP) is 3.82. The molecule has 1 saturated heterocycles. The molecule has 7 nitrogen and oxygen atoms in total. The number of hydrogen-bond donors (Lipinski definition) is 1. The largest absolute Gasteiger partial charge is 0.387 e. The summed E-state index contributed by atoms with van der Waals surface area (Å²) in [6, 6.07) is 3.83. The number of pyridine rings is 1. The Balaban J connectivity index is 0.00000198. The Labute approximate surface area is 188 Å². The number of halogens is 1. The van der Waals surface area contributed by atoms with Crippen LogP contribution in [0.25, 0.3) is 0 Å². The fraction of sp³-hybridized carbons (Fsp3) is 0.773. The van der Waals surface area contributed by atoms with Crippen LogP contribution in [0, 0.1) is 0 Å². The Morgan fingerprint density at radius 3 is 2.20 bits per heavy atom. The third kappa shape index (κ3) is 9.90. The summed E-state index contributed by atoms with van der Waals surface area (Å²) >= 11 is 6.07. The SMILES string of the molecule is CC.CC.COC(COCC1(O)CCN(c2ccc(Cl)nc2CN(C)C)CC1)OC. The van der Waals surface area contributed by atoms with Gasteiger partial charge in [-0.3, -0.25) is 0 Å². The van der Waals surface area contributed by atoms with E-state index in [1.54, 1.807) is 14.2 Å². The molecule has 0 saturated carbocycles. The van der Waals surface area contributed by atoms with Gasteiger partial charge in [-0.15, -0.1) is 0 Å². The van der Waals surface area contributed by atoms with Crippen LogP contribution in [0.3, 0.4) is 0 Å². The van der Waals surface area contributed by atoms with Gasteiger partial charge in [0.05, 0.1) is 30.2 Å². The van der Waals surface area contributed by atoms with E-state index < -0.39 is 11.9 Å². The molecule has 0 aliphatic carbocycles. The molecular formula is C22H42ClN3O4. The van der Waals surface area contributed by atoms with Crippen molar-refractivity contribution in [1.29, 1.82) is 0 Å². The summed E-state index contributed by atoms with van der Waals surface area (Å²) in [5.41, 5.74) is 1.20. The normalized spacial score (nSPS) is 15.4. The lowest BCUT2D eigenvalue weighted by Crippen LogP contribution is -2.48. The Morgan fingerprint density at radius 2 is 1.70 bits per heavy atom.